The number of phenolic OH excluding ortho intramolecular Hbond substituents is 1. The summed E-state index contributed by atoms with van der Waals surface area (Å²) in [6.07, 6.45) is 3.52. The number of alkyl carbamates (subject to hydrolysis) is 1. The number of aromatic hydroxyl groups is 1. The highest BCUT2D eigenvalue weighted by atomic mass is 16.6. The largest absolute Gasteiger partial charge is 0.508 e. The average Bonchev–Trinajstić information content (AvgIpc) is 2.98. The lowest BCUT2D eigenvalue weighted by molar-refractivity contribution is -0.140. The van der Waals surface area contributed by atoms with E-state index < -0.39 is 29.7 Å². The van der Waals surface area contributed by atoms with Gasteiger partial charge in [-0.3, -0.25) is 9.59 Å². The van der Waals surface area contributed by atoms with Crippen LogP contribution in [-0.2, 0) is 20.7 Å². The molecule has 0 aliphatic rings. The Morgan fingerprint density at radius 2 is 1.62 bits per heavy atom. The molecule has 3 rings (SSSR count). The molecule has 3 amide bonds. The lowest BCUT2D eigenvalue weighted by Crippen LogP contribution is -2.53. The van der Waals surface area contributed by atoms with Gasteiger partial charge in [-0.25, -0.2) is 4.79 Å². The van der Waals surface area contributed by atoms with Gasteiger partial charge in [0.25, 0.3) is 5.91 Å². The molecule has 0 fully saturated rings. The normalized spacial score (nSPS) is 12.5. The number of hydrogen-bond donors (Lipinski definition) is 3. The molecule has 3 aromatic rings. The zero-order valence-electron chi connectivity index (χ0n) is 27.4. The van der Waals surface area contributed by atoms with Crippen LogP contribution >= 0.6 is 0 Å². The molecule has 0 saturated heterocycles. The van der Waals surface area contributed by atoms with Gasteiger partial charge in [0.2, 0.25) is 5.91 Å². The van der Waals surface area contributed by atoms with Crippen molar-refractivity contribution in [2.24, 2.45) is 0 Å². The third-order valence-electron chi connectivity index (χ3n) is 7.40. The van der Waals surface area contributed by atoms with Crippen LogP contribution in [0, 0.1) is 13.8 Å². The highest BCUT2D eigenvalue weighted by Crippen LogP contribution is 2.29. The number of nitrogens with one attached hydrogen (secondary N) is 2. The smallest absolute Gasteiger partial charge is 0.408 e. The van der Waals surface area contributed by atoms with Gasteiger partial charge in [-0.1, -0.05) is 81.0 Å². The van der Waals surface area contributed by atoms with Gasteiger partial charge in [0, 0.05) is 18.7 Å². The predicted octanol–water partition coefficient (Wildman–Crippen LogP) is 7.49. The number of ether oxygens (including phenoxy) is 1. The van der Waals surface area contributed by atoms with Crippen molar-refractivity contribution in [1.29, 1.82) is 0 Å². The first-order chi connectivity index (χ1) is 21.3. The van der Waals surface area contributed by atoms with Crippen molar-refractivity contribution in [1.82, 2.24) is 10.2 Å². The second-order valence-electron chi connectivity index (χ2n) is 12.3. The molecule has 240 valence electrons. The quantitative estimate of drug-likeness (QED) is 0.173. The van der Waals surface area contributed by atoms with E-state index in [9.17, 15) is 19.5 Å². The van der Waals surface area contributed by atoms with Crippen LogP contribution in [0.25, 0.3) is 6.08 Å². The first-order valence-electron chi connectivity index (χ1n) is 15.5. The van der Waals surface area contributed by atoms with E-state index in [1.165, 1.54) is 12.1 Å². The molecule has 0 radical (unpaired) electrons. The number of aryl methyl sites for hydroxylation is 2. The monoisotopic (exact) mass is 613 g/mol. The molecule has 0 aromatic heterocycles. The van der Waals surface area contributed by atoms with Gasteiger partial charge in [-0.2, -0.15) is 0 Å². The van der Waals surface area contributed by atoms with Crippen molar-refractivity contribution in [2.45, 2.75) is 84.9 Å². The van der Waals surface area contributed by atoms with Crippen LogP contribution in [0.15, 0.2) is 73.3 Å². The Labute approximate surface area is 267 Å². The predicted molar refractivity (Wildman–Crippen MR) is 180 cm³/mol. The molecule has 0 aliphatic heterocycles. The molecule has 3 aromatic carbocycles. The minimum Gasteiger partial charge on any atom is -0.508 e. The van der Waals surface area contributed by atoms with E-state index in [4.69, 9.17) is 4.74 Å². The fourth-order valence-corrected chi connectivity index (χ4v) is 5.15. The summed E-state index contributed by atoms with van der Waals surface area (Å²) in [6.45, 7) is 15.4. The van der Waals surface area contributed by atoms with Gasteiger partial charge in [0.1, 0.15) is 23.4 Å². The number of rotatable bonds is 13. The molecule has 45 heavy (non-hydrogen) atoms. The maximum atomic E-state index is 14.7. The minimum atomic E-state index is -1.05. The van der Waals surface area contributed by atoms with Crippen molar-refractivity contribution in [3.63, 3.8) is 0 Å². The van der Waals surface area contributed by atoms with E-state index in [-0.39, 0.29) is 24.6 Å². The zero-order chi connectivity index (χ0) is 33.1. The Morgan fingerprint density at radius 3 is 2.22 bits per heavy atom. The zero-order valence-corrected chi connectivity index (χ0v) is 27.4. The summed E-state index contributed by atoms with van der Waals surface area (Å²) in [6, 6.07) is 17.6. The van der Waals surface area contributed by atoms with Crippen LogP contribution in [0.3, 0.4) is 0 Å². The van der Waals surface area contributed by atoms with Crippen molar-refractivity contribution < 1.29 is 24.2 Å². The first kappa shape index (κ1) is 34.9. The number of carbonyl (C=O) groups is 3. The molecule has 3 N–H and O–H groups in total. The van der Waals surface area contributed by atoms with Gasteiger partial charge < -0.3 is 25.4 Å². The number of unbranched alkanes of at least 4 members (excludes halogenated alkanes) is 2. The van der Waals surface area contributed by atoms with Crippen molar-refractivity contribution >= 4 is 29.7 Å². The maximum absolute atomic E-state index is 14.7. The van der Waals surface area contributed by atoms with Crippen molar-refractivity contribution in [2.75, 3.05) is 11.9 Å². The summed E-state index contributed by atoms with van der Waals surface area (Å²) in [5, 5.41) is 15.7. The summed E-state index contributed by atoms with van der Waals surface area (Å²) in [4.78, 5) is 43.6. The lowest BCUT2D eigenvalue weighted by Gasteiger charge is -2.35. The number of hydrogen-bond acceptors (Lipinski definition) is 5. The van der Waals surface area contributed by atoms with Crippen LogP contribution in [0.2, 0.25) is 0 Å². The van der Waals surface area contributed by atoms with Gasteiger partial charge in [-0.15, -0.1) is 0 Å². The summed E-state index contributed by atoms with van der Waals surface area (Å²) >= 11 is 0. The Balaban J connectivity index is 2.13. The second-order valence-corrected chi connectivity index (χ2v) is 12.3. The molecule has 2 unspecified atom stereocenters. The van der Waals surface area contributed by atoms with E-state index in [1.807, 2.05) is 56.3 Å². The summed E-state index contributed by atoms with van der Waals surface area (Å²) in [5.41, 5.74) is 3.88. The Morgan fingerprint density at radius 1 is 0.978 bits per heavy atom. The molecular weight excluding hydrogens is 566 g/mol. The number of benzene rings is 3. The van der Waals surface area contributed by atoms with Gasteiger partial charge in [0.05, 0.1) is 0 Å². The number of para-hydroxylation sites is 1. The van der Waals surface area contributed by atoms with E-state index in [2.05, 4.69) is 24.1 Å². The average molecular weight is 614 g/mol. The molecule has 2 atom stereocenters. The molecule has 8 nitrogen and oxygen atoms in total. The standard InChI is InChI=1S/C37H47N3O5/c1-8-10-11-22-40(35(43)31(38-36(44)45-37(5,6)7)24-28-18-20-30(41)21-19-28)33(29-17-13-16-27(9-2)23-29)34(42)39-32-25(3)14-12-15-26(32)4/h9,12-21,23,31,33,41H,2,8,10-11,22,24H2,1,3-7H3,(H,38,44)(H,39,42). The molecular formula is C37H47N3O5. The van der Waals surface area contributed by atoms with E-state index in [0.29, 0.717) is 17.7 Å². The van der Waals surface area contributed by atoms with Crippen LogP contribution in [0.1, 0.15) is 80.8 Å². The highest BCUT2D eigenvalue weighted by molar-refractivity contribution is 6.00. The third kappa shape index (κ3) is 10.2. The van der Waals surface area contributed by atoms with Crippen LogP contribution < -0.4 is 10.6 Å². The summed E-state index contributed by atoms with van der Waals surface area (Å²) in [7, 11) is 0. The molecule has 0 aliphatic carbocycles. The number of amides is 3. The number of phenols is 1. The molecule has 0 saturated carbocycles. The topological polar surface area (TPSA) is 108 Å². The Bertz CT molecular complexity index is 1460. The highest BCUT2D eigenvalue weighted by Gasteiger charge is 2.36. The fourth-order valence-electron chi connectivity index (χ4n) is 5.15. The summed E-state index contributed by atoms with van der Waals surface area (Å²) < 4.78 is 5.53. The lowest BCUT2D eigenvalue weighted by atomic mass is 9.98. The van der Waals surface area contributed by atoms with Gasteiger partial charge in [-0.05, 0) is 87.1 Å². The third-order valence-corrected chi connectivity index (χ3v) is 7.40. The van der Waals surface area contributed by atoms with Crippen molar-refractivity contribution in [3.05, 3.63) is 101 Å². The number of carbonyl (C=O) groups excluding carboxylic acids is 3. The number of nitrogens with zero attached hydrogens (tertiary/aromatic N) is 1. The number of anilines is 1. The maximum Gasteiger partial charge on any atom is 0.408 e. The molecule has 0 bridgehead atoms. The van der Waals surface area contributed by atoms with E-state index in [1.54, 1.807) is 43.9 Å². The van der Waals surface area contributed by atoms with Crippen LogP contribution in [0.4, 0.5) is 10.5 Å². The van der Waals surface area contributed by atoms with Gasteiger partial charge in [0.15, 0.2) is 0 Å². The van der Waals surface area contributed by atoms with Crippen LogP contribution in [0.5, 0.6) is 5.75 Å². The van der Waals surface area contributed by atoms with E-state index in [0.717, 1.165) is 35.1 Å². The second kappa shape index (κ2) is 15.9. The summed E-state index contributed by atoms with van der Waals surface area (Å²) in [5.74, 6) is -0.692. The molecule has 0 heterocycles. The SMILES string of the molecule is C=Cc1cccc(C(C(=O)Nc2c(C)cccc2C)N(CCCCC)C(=O)C(Cc2ccc(O)cc2)NC(=O)OC(C)(C)C)c1. The fraction of sp³-hybridized carbons (Fsp3) is 0.378. The Kier molecular flexibility index (Phi) is 12.4. The minimum absolute atomic E-state index is 0.0910. The van der Waals surface area contributed by atoms with Crippen molar-refractivity contribution in [3.8, 4) is 5.75 Å². The Hall–Kier alpha value is -4.59. The molecule has 0 spiro atoms. The van der Waals surface area contributed by atoms with Crippen LogP contribution in [-0.4, -0.2) is 46.1 Å². The van der Waals surface area contributed by atoms with E-state index >= 15 is 0 Å². The molecule has 8 heteroatoms. The van der Waals surface area contributed by atoms with Gasteiger partial charge >= 0.3 is 6.09 Å². The first-order valence-corrected chi connectivity index (χ1v) is 15.5.